The number of likely N-dealkylation sites (N-methyl/N-ethyl adjacent to an activating group) is 1. The summed E-state index contributed by atoms with van der Waals surface area (Å²) in [7, 11) is -1.04. The first-order chi connectivity index (χ1) is 16.1. The van der Waals surface area contributed by atoms with Crippen molar-refractivity contribution >= 4 is 30.7 Å². The number of amides is 1. The highest BCUT2D eigenvalue weighted by Gasteiger charge is 2.65. The molecule has 34 heavy (non-hydrogen) atoms. The molecule has 2 aliphatic rings. The van der Waals surface area contributed by atoms with Crippen LogP contribution in [0.15, 0.2) is 53.5 Å². The Morgan fingerprint density at radius 2 is 1.91 bits per heavy atom. The summed E-state index contributed by atoms with van der Waals surface area (Å²) in [6.45, 7) is 5.54. The van der Waals surface area contributed by atoms with Crippen LogP contribution in [-0.2, 0) is 15.1 Å². The van der Waals surface area contributed by atoms with Gasteiger partial charge in [0.1, 0.15) is 0 Å². The minimum Gasteiger partial charge on any atom is -0.432 e. The number of anilines is 1. The average molecular weight is 480 g/mol. The van der Waals surface area contributed by atoms with Crippen molar-refractivity contribution in [3.05, 3.63) is 64.6 Å². The summed E-state index contributed by atoms with van der Waals surface area (Å²) >= 11 is 0. The second kappa shape index (κ2) is 7.84. The van der Waals surface area contributed by atoms with Crippen LogP contribution in [0.3, 0.4) is 0 Å². The highest BCUT2D eigenvalue weighted by molar-refractivity contribution is 6.71. The number of nitrogens with zero attached hydrogens (tertiary/aromatic N) is 3. The van der Waals surface area contributed by atoms with Crippen molar-refractivity contribution in [1.29, 1.82) is 0 Å². The molecule has 5 rings (SSSR count). The molecule has 1 spiro atoms. The largest absolute Gasteiger partial charge is 0.432 e. The molecular formula is C25H29N3O5Si. The summed E-state index contributed by atoms with van der Waals surface area (Å²) in [4.78, 5) is 39.6. The van der Waals surface area contributed by atoms with Crippen LogP contribution >= 0.6 is 0 Å². The van der Waals surface area contributed by atoms with Crippen LogP contribution in [0.1, 0.15) is 18.9 Å². The van der Waals surface area contributed by atoms with Crippen molar-refractivity contribution in [2.24, 2.45) is 5.92 Å². The number of hydrogen-bond acceptors (Lipinski definition) is 6. The number of fused-ring (bicyclic) bond motifs is 3. The first-order valence-electron chi connectivity index (χ1n) is 11.5. The van der Waals surface area contributed by atoms with Gasteiger partial charge in [-0.3, -0.25) is 9.59 Å². The lowest BCUT2D eigenvalue weighted by molar-refractivity contribution is -0.146. The number of aliphatic hydroxyl groups excluding tert-OH is 1. The molecule has 1 fully saturated rings. The van der Waals surface area contributed by atoms with Crippen molar-refractivity contribution in [3.63, 3.8) is 0 Å². The van der Waals surface area contributed by atoms with Crippen LogP contribution in [0.2, 0.25) is 18.6 Å². The van der Waals surface area contributed by atoms with Gasteiger partial charge in [-0.15, -0.1) is 0 Å². The predicted molar refractivity (Wildman–Crippen MR) is 132 cm³/mol. The van der Waals surface area contributed by atoms with E-state index in [9.17, 15) is 19.5 Å². The van der Waals surface area contributed by atoms with E-state index >= 15 is 0 Å². The van der Waals surface area contributed by atoms with Gasteiger partial charge in [-0.05, 0) is 43.8 Å². The molecule has 2 aromatic carbocycles. The molecule has 3 heterocycles. The standard InChI is InChI=1S/C25H29N3O5Si/c1-15-22(34(3,4)32)21(11-12-29)33-25(15)19-13-17(9-10-20(19)27(2)24(25)31)28-23(30)18-8-6-5-7-16(18)14-26-28/h5-10,13-15,21-22,29,32H,11-12H2,1-4H3/t15-,21+,22-,25+/m0/s1. The zero-order valence-electron chi connectivity index (χ0n) is 19.7. The van der Waals surface area contributed by atoms with Crippen LogP contribution in [0, 0.1) is 5.92 Å². The summed E-state index contributed by atoms with van der Waals surface area (Å²) in [6.07, 6.45) is 1.55. The van der Waals surface area contributed by atoms with E-state index in [1.54, 1.807) is 36.3 Å². The van der Waals surface area contributed by atoms with E-state index in [1.807, 2.05) is 44.3 Å². The lowest BCUT2D eigenvalue weighted by Crippen LogP contribution is -2.45. The van der Waals surface area contributed by atoms with Crippen molar-refractivity contribution in [2.45, 2.75) is 43.7 Å². The molecule has 1 amide bonds. The van der Waals surface area contributed by atoms with Gasteiger partial charge >= 0.3 is 0 Å². The number of carbonyl (C=O) groups is 1. The van der Waals surface area contributed by atoms with E-state index in [-0.39, 0.29) is 29.5 Å². The number of ether oxygens (including phenoxy) is 1. The molecule has 0 unspecified atom stereocenters. The van der Waals surface area contributed by atoms with Crippen LogP contribution in [0.5, 0.6) is 0 Å². The Morgan fingerprint density at radius 3 is 2.62 bits per heavy atom. The maximum atomic E-state index is 13.7. The number of aliphatic hydroxyl groups is 1. The van der Waals surface area contributed by atoms with Gasteiger partial charge in [-0.1, -0.05) is 25.1 Å². The highest BCUT2D eigenvalue weighted by Crippen LogP contribution is 2.59. The molecule has 4 atom stereocenters. The Hall–Kier alpha value is -2.85. The molecule has 2 N–H and O–H groups in total. The Balaban J connectivity index is 1.69. The Labute approximate surface area is 198 Å². The number of rotatable bonds is 4. The Kier molecular flexibility index (Phi) is 5.29. The first kappa shape index (κ1) is 22.9. The van der Waals surface area contributed by atoms with E-state index in [1.165, 1.54) is 4.68 Å². The monoisotopic (exact) mass is 479 g/mol. The summed E-state index contributed by atoms with van der Waals surface area (Å²) in [5.74, 6) is -0.516. The summed E-state index contributed by atoms with van der Waals surface area (Å²) in [5.41, 5.74) is 0.123. The van der Waals surface area contributed by atoms with Crippen LogP contribution in [0.4, 0.5) is 5.69 Å². The van der Waals surface area contributed by atoms with E-state index in [0.29, 0.717) is 28.7 Å². The molecule has 178 valence electrons. The molecule has 2 aliphatic heterocycles. The maximum absolute atomic E-state index is 13.7. The van der Waals surface area contributed by atoms with Crippen molar-refractivity contribution in [2.75, 3.05) is 18.6 Å². The number of aromatic nitrogens is 2. The van der Waals surface area contributed by atoms with Crippen molar-refractivity contribution < 1.29 is 19.4 Å². The van der Waals surface area contributed by atoms with E-state index in [2.05, 4.69) is 5.10 Å². The van der Waals surface area contributed by atoms with Crippen LogP contribution in [0.25, 0.3) is 16.5 Å². The zero-order chi connectivity index (χ0) is 24.4. The van der Waals surface area contributed by atoms with Gasteiger partial charge in [0.05, 0.1) is 29.1 Å². The van der Waals surface area contributed by atoms with Gasteiger partial charge in [-0.2, -0.15) is 9.78 Å². The molecule has 9 heteroatoms. The number of carbonyl (C=O) groups excluding carboxylic acids is 1. The van der Waals surface area contributed by atoms with Gasteiger partial charge in [0.25, 0.3) is 11.5 Å². The minimum absolute atomic E-state index is 0.0955. The Bertz CT molecular complexity index is 1350. The first-order valence-corrected chi connectivity index (χ1v) is 14.5. The zero-order valence-corrected chi connectivity index (χ0v) is 20.7. The van der Waals surface area contributed by atoms with Crippen molar-refractivity contribution in [3.8, 4) is 5.69 Å². The fourth-order valence-corrected chi connectivity index (χ4v) is 8.58. The molecule has 0 saturated carbocycles. The second-order valence-corrected chi connectivity index (χ2v) is 13.9. The third-order valence-corrected chi connectivity index (χ3v) is 9.95. The molecule has 0 aliphatic carbocycles. The van der Waals surface area contributed by atoms with Crippen LogP contribution in [-0.4, -0.2) is 53.7 Å². The Morgan fingerprint density at radius 1 is 1.18 bits per heavy atom. The SMILES string of the molecule is C[C@H]1[C@H]([Si](C)(C)O)[C@@H](CCO)O[C@]12C(=O)N(C)c1ccc(-n3ncc4ccccc4c3=O)cc12. The molecule has 0 radical (unpaired) electrons. The third kappa shape index (κ3) is 3.11. The van der Waals surface area contributed by atoms with Gasteiger partial charge in [-0.25, -0.2) is 0 Å². The molecule has 8 nitrogen and oxygen atoms in total. The number of hydrogen-bond donors (Lipinski definition) is 2. The topological polar surface area (TPSA) is 105 Å². The minimum atomic E-state index is -2.75. The van der Waals surface area contributed by atoms with Crippen LogP contribution < -0.4 is 10.5 Å². The third-order valence-electron chi connectivity index (χ3n) is 7.45. The highest BCUT2D eigenvalue weighted by atomic mass is 28.4. The fourth-order valence-electron chi connectivity index (χ4n) is 5.97. The lowest BCUT2D eigenvalue weighted by Gasteiger charge is -2.32. The average Bonchev–Trinajstić information content (AvgIpc) is 3.21. The lowest BCUT2D eigenvalue weighted by atomic mass is 9.82. The molecular weight excluding hydrogens is 450 g/mol. The normalized spacial score (nSPS) is 26.6. The molecule has 1 saturated heterocycles. The summed E-state index contributed by atoms with van der Waals surface area (Å²) in [6, 6.07) is 12.7. The van der Waals surface area contributed by atoms with E-state index in [4.69, 9.17) is 4.74 Å². The molecule has 1 aromatic heterocycles. The maximum Gasteiger partial charge on any atom is 0.279 e. The smallest absolute Gasteiger partial charge is 0.279 e. The molecule has 3 aromatic rings. The van der Waals surface area contributed by atoms with Crippen molar-refractivity contribution in [1.82, 2.24) is 9.78 Å². The van der Waals surface area contributed by atoms with Gasteiger partial charge in [0.2, 0.25) is 0 Å². The fraction of sp³-hybridized carbons (Fsp3) is 0.400. The quantitative estimate of drug-likeness (QED) is 0.557. The van der Waals surface area contributed by atoms with E-state index < -0.39 is 20.0 Å². The van der Waals surface area contributed by atoms with Gasteiger partial charge < -0.3 is 19.5 Å². The van der Waals surface area contributed by atoms with Gasteiger partial charge in [0, 0.05) is 36.1 Å². The number of benzene rings is 2. The summed E-state index contributed by atoms with van der Waals surface area (Å²) in [5, 5.41) is 15.4. The van der Waals surface area contributed by atoms with Gasteiger partial charge in [0.15, 0.2) is 13.9 Å². The van der Waals surface area contributed by atoms with E-state index in [0.717, 1.165) is 5.39 Å². The second-order valence-electron chi connectivity index (χ2n) is 9.89. The molecule has 0 bridgehead atoms. The summed E-state index contributed by atoms with van der Waals surface area (Å²) < 4.78 is 7.86. The predicted octanol–water partition coefficient (Wildman–Crippen LogP) is 2.54.